The Morgan fingerprint density at radius 1 is 0.828 bits per heavy atom. The molecule has 0 atom stereocenters. The molecule has 0 fully saturated rings. The minimum Gasteiger partial charge on any atom is -0.348 e. The van der Waals surface area contributed by atoms with Crippen molar-refractivity contribution in [2.24, 2.45) is 0 Å². The van der Waals surface area contributed by atoms with E-state index in [1.165, 1.54) is 29.0 Å². The van der Waals surface area contributed by atoms with Crippen LogP contribution in [0.25, 0.3) is 22.3 Å². The van der Waals surface area contributed by atoms with Crippen LogP contribution in [-0.2, 0) is 19.6 Å². The van der Waals surface area contributed by atoms with E-state index in [0.717, 1.165) is 42.9 Å². The van der Waals surface area contributed by atoms with Crippen LogP contribution in [0.5, 0.6) is 0 Å². The van der Waals surface area contributed by atoms with Crippen molar-refractivity contribution in [2.75, 3.05) is 6.54 Å². The number of halogens is 1. The summed E-state index contributed by atoms with van der Waals surface area (Å²) in [5.74, 6) is -0.211. The zero-order chi connectivity index (χ0) is 19.6. The van der Waals surface area contributed by atoms with E-state index in [2.05, 4.69) is 63.1 Å². The van der Waals surface area contributed by atoms with E-state index in [0.29, 0.717) is 0 Å². The summed E-state index contributed by atoms with van der Waals surface area (Å²) >= 11 is 0. The minimum atomic E-state index is -0.211. The fourth-order valence-corrected chi connectivity index (χ4v) is 4.17. The molecule has 5 rings (SSSR count). The van der Waals surface area contributed by atoms with Gasteiger partial charge in [-0.15, -0.1) is 0 Å². The highest BCUT2D eigenvalue weighted by molar-refractivity contribution is 5.85. The quantitative estimate of drug-likeness (QED) is 0.472. The molecule has 4 heteroatoms. The molecule has 0 unspecified atom stereocenters. The van der Waals surface area contributed by atoms with Gasteiger partial charge in [-0.2, -0.15) is 0 Å². The lowest BCUT2D eigenvalue weighted by molar-refractivity contribution is 0.213. The molecule has 0 spiro atoms. The van der Waals surface area contributed by atoms with Gasteiger partial charge in [-0.3, -0.25) is 9.88 Å². The van der Waals surface area contributed by atoms with Gasteiger partial charge in [-0.1, -0.05) is 42.5 Å². The molecular weight excluding hydrogens is 361 g/mol. The highest BCUT2D eigenvalue weighted by atomic mass is 19.1. The van der Waals surface area contributed by atoms with Crippen LogP contribution in [0.15, 0.2) is 85.3 Å². The molecule has 29 heavy (non-hydrogen) atoms. The van der Waals surface area contributed by atoms with E-state index >= 15 is 0 Å². The van der Waals surface area contributed by atoms with E-state index in [-0.39, 0.29) is 5.82 Å². The largest absolute Gasteiger partial charge is 0.348 e. The fourth-order valence-electron chi connectivity index (χ4n) is 4.17. The van der Waals surface area contributed by atoms with Crippen LogP contribution in [0.1, 0.15) is 11.3 Å². The van der Waals surface area contributed by atoms with Crippen LogP contribution in [0.3, 0.4) is 0 Å². The summed E-state index contributed by atoms with van der Waals surface area (Å²) in [6.45, 7) is 3.78. The van der Waals surface area contributed by atoms with Crippen molar-refractivity contribution in [3.63, 3.8) is 0 Å². The number of hydrogen-bond acceptors (Lipinski definition) is 2. The fraction of sp³-hybridized carbons (Fsp3) is 0.160. The number of fused-ring (bicyclic) bond motifs is 1. The van der Waals surface area contributed by atoms with E-state index in [9.17, 15) is 4.39 Å². The number of hydrogen-bond donors (Lipinski definition) is 0. The third kappa shape index (κ3) is 3.59. The smallest absolute Gasteiger partial charge is 0.123 e. The molecule has 3 nitrogen and oxygen atoms in total. The second kappa shape index (κ2) is 7.64. The lowest BCUT2D eigenvalue weighted by Crippen LogP contribution is -2.32. The molecule has 0 saturated heterocycles. The van der Waals surface area contributed by atoms with Gasteiger partial charge >= 0.3 is 0 Å². The standard InChI is InChI=1S/C25H22FN3/c26-22-8-6-20(7-9-22)23-17-29-15-14-28(16-19-4-2-1-3-5-19)18-24(29)25(23)21-10-12-27-13-11-21/h1-13,17H,14-16,18H2. The Bertz CT molecular complexity index is 1100. The van der Waals surface area contributed by atoms with Gasteiger partial charge in [0.05, 0.1) is 0 Å². The number of pyridine rings is 1. The molecule has 2 aromatic heterocycles. The number of rotatable bonds is 4. The topological polar surface area (TPSA) is 21.1 Å². The molecule has 0 aliphatic carbocycles. The van der Waals surface area contributed by atoms with Gasteiger partial charge in [0.2, 0.25) is 0 Å². The van der Waals surface area contributed by atoms with E-state index in [4.69, 9.17) is 0 Å². The van der Waals surface area contributed by atoms with E-state index in [1.54, 1.807) is 0 Å². The van der Waals surface area contributed by atoms with Crippen LogP contribution in [-0.4, -0.2) is 21.0 Å². The number of nitrogens with zero attached hydrogens (tertiary/aromatic N) is 3. The molecule has 0 bridgehead atoms. The highest BCUT2D eigenvalue weighted by Crippen LogP contribution is 2.38. The summed E-state index contributed by atoms with van der Waals surface area (Å²) in [6, 6.07) is 21.5. The Hall–Kier alpha value is -3.24. The second-order valence-electron chi connectivity index (χ2n) is 7.50. The summed E-state index contributed by atoms with van der Waals surface area (Å²) in [6.07, 6.45) is 5.88. The van der Waals surface area contributed by atoms with Gasteiger partial charge in [0.1, 0.15) is 5.82 Å². The van der Waals surface area contributed by atoms with Crippen LogP contribution >= 0.6 is 0 Å². The predicted molar refractivity (Wildman–Crippen MR) is 114 cm³/mol. The van der Waals surface area contributed by atoms with Crippen molar-refractivity contribution in [1.29, 1.82) is 0 Å². The van der Waals surface area contributed by atoms with Crippen LogP contribution < -0.4 is 0 Å². The first-order valence-electron chi connectivity index (χ1n) is 9.92. The molecule has 0 amide bonds. The van der Waals surface area contributed by atoms with Gasteiger partial charge < -0.3 is 4.57 Å². The second-order valence-corrected chi connectivity index (χ2v) is 7.50. The first-order chi connectivity index (χ1) is 14.3. The molecule has 0 N–H and O–H groups in total. The molecule has 1 aliphatic heterocycles. The molecular formula is C25H22FN3. The molecule has 1 aliphatic rings. The van der Waals surface area contributed by atoms with Crippen LogP contribution in [0, 0.1) is 5.82 Å². The average Bonchev–Trinajstić information content (AvgIpc) is 3.14. The maximum absolute atomic E-state index is 13.5. The first-order valence-corrected chi connectivity index (χ1v) is 9.92. The zero-order valence-electron chi connectivity index (χ0n) is 16.1. The average molecular weight is 383 g/mol. The Balaban J connectivity index is 1.56. The van der Waals surface area contributed by atoms with Crippen molar-refractivity contribution >= 4 is 0 Å². The zero-order valence-corrected chi connectivity index (χ0v) is 16.1. The summed E-state index contributed by atoms with van der Waals surface area (Å²) in [7, 11) is 0. The Morgan fingerprint density at radius 2 is 1.59 bits per heavy atom. The van der Waals surface area contributed by atoms with E-state index in [1.807, 2.05) is 24.5 Å². The summed E-state index contributed by atoms with van der Waals surface area (Å²) < 4.78 is 15.8. The van der Waals surface area contributed by atoms with Gasteiger partial charge in [0.15, 0.2) is 0 Å². The van der Waals surface area contributed by atoms with Crippen molar-refractivity contribution < 1.29 is 4.39 Å². The molecule has 2 aromatic carbocycles. The molecule has 0 radical (unpaired) electrons. The monoisotopic (exact) mass is 383 g/mol. The van der Waals surface area contributed by atoms with Crippen LogP contribution in [0.2, 0.25) is 0 Å². The van der Waals surface area contributed by atoms with Gasteiger partial charge in [0.25, 0.3) is 0 Å². The van der Waals surface area contributed by atoms with Gasteiger partial charge in [-0.25, -0.2) is 4.39 Å². The maximum atomic E-state index is 13.5. The Morgan fingerprint density at radius 3 is 2.34 bits per heavy atom. The Labute approximate surface area is 170 Å². The lowest BCUT2D eigenvalue weighted by atomic mass is 9.97. The molecule has 0 saturated carbocycles. The minimum absolute atomic E-state index is 0.211. The SMILES string of the molecule is Fc1ccc(-c2cn3c(c2-c2ccncc2)CN(Cc2ccccc2)CC3)cc1. The summed E-state index contributed by atoms with van der Waals surface area (Å²) in [4.78, 5) is 6.68. The molecule has 3 heterocycles. The van der Waals surface area contributed by atoms with Crippen LogP contribution in [0.4, 0.5) is 4.39 Å². The van der Waals surface area contributed by atoms with Crippen molar-refractivity contribution in [2.45, 2.75) is 19.6 Å². The van der Waals surface area contributed by atoms with Crippen molar-refractivity contribution in [1.82, 2.24) is 14.5 Å². The van der Waals surface area contributed by atoms with Crippen molar-refractivity contribution in [3.8, 4) is 22.3 Å². The predicted octanol–water partition coefficient (Wildman–Crippen LogP) is 5.37. The summed E-state index contributed by atoms with van der Waals surface area (Å²) in [5.41, 5.74) is 7.18. The molecule has 4 aromatic rings. The van der Waals surface area contributed by atoms with Gasteiger partial charge in [-0.05, 0) is 41.0 Å². The lowest BCUT2D eigenvalue weighted by Gasteiger charge is -2.29. The molecule has 144 valence electrons. The maximum Gasteiger partial charge on any atom is 0.123 e. The summed E-state index contributed by atoms with van der Waals surface area (Å²) in [5, 5.41) is 0. The third-order valence-electron chi connectivity index (χ3n) is 5.59. The van der Waals surface area contributed by atoms with Gasteiger partial charge in [0, 0.05) is 61.6 Å². The number of aromatic nitrogens is 2. The number of benzene rings is 2. The highest BCUT2D eigenvalue weighted by Gasteiger charge is 2.24. The third-order valence-corrected chi connectivity index (χ3v) is 5.59. The Kier molecular flexibility index (Phi) is 4.70. The normalized spacial score (nSPS) is 14.0. The van der Waals surface area contributed by atoms with E-state index < -0.39 is 0 Å². The first kappa shape index (κ1) is 17.8. The van der Waals surface area contributed by atoms with Crippen molar-refractivity contribution in [3.05, 3.63) is 102 Å².